The lowest BCUT2D eigenvalue weighted by Crippen LogP contribution is -2.48. The van der Waals surface area contributed by atoms with Crippen molar-refractivity contribution in [2.45, 2.75) is 23.5 Å². The van der Waals surface area contributed by atoms with Crippen molar-refractivity contribution in [1.29, 1.82) is 0 Å². The van der Waals surface area contributed by atoms with E-state index >= 15 is 0 Å². The molecule has 14 heavy (non-hydrogen) atoms. The van der Waals surface area contributed by atoms with Crippen LogP contribution in [-0.2, 0) is 0 Å². The molecule has 1 atom stereocenters. The first kappa shape index (κ1) is 9.95. The summed E-state index contributed by atoms with van der Waals surface area (Å²) in [4.78, 5) is 3.99. The van der Waals surface area contributed by atoms with Gasteiger partial charge in [0.15, 0.2) is 5.16 Å². The van der Waals surface area contributed by atoms with E-state index in [1.165, 1.54) is 18.1 Å². The highest BCUT2D eigenvalue weighted by Gasteiger charge is 2.41. The molecule has 1 aliphatic rings. The standard InChI is InChI=1S/C8H14N4OS/c9-8(3-13,6-1-2-6)4-14-7-10-5-11-12-7/h5-6,13H,1-4,9H2,(H,10,11,12). The number of thioether (sulfide) groups is 1. The SMILES string of the molecule is NC(CO)(CSc1ncn[nH]1)C1CC1. The molecule has 1 aromatic rings. The van der Waals surface area contributed by atoms with Crippen LogP contribution in [0.4, 0.5) is 0 Å². The maximum atomic E-state index is 9.24. The van der Waals surface area contributed by atoms with E-state index in [0.717, 1.165) is 18.0 Å². The van der Waals surface area contributed by atoms with E-state index in [9.17, 15) is 5.11 Å². The van der Waals surface area contributed by atoms with Crippen LogP contribution in [0.2, 0.25) is 0 Å². The molecule has 78 valence electrons. The van der Waals surface area contributed by atoms with Gasteiger partial charge < -0.3 is 10.8 Å². The van der Waals surface area contributed by atoms with Gasteiger partial charge in [0, 0.05) is 5.75 Å². The quantitative estimate of drug-likeness (QED) is 0.600. The average Bonchev–Trinajstić information content (AvgIpc) is 2.94. The van der Waals surface area contributed by atoms with Gasteiger partial charge in [-0.15, -0.1) is 0 Å². The van der Waals surface area contributed by atoms with Gasteiger partial charge in [-0.1, -0.05) is 11.8 Å². The second kappa shape index (κ2) is 3.88. The summed E-state index contributed by atoms with van der Waals surface area (Å²) in [5, 5.41) is 16.5. The second-order valence-electron chi connectivity index (χ2n) is 3.74. The van der Waals surface area contributed by atoms with Crippen LogP contribution in [-0.4, -0.2) is 38.2 Å². The topological polar surface area (TPSA) is 87.8 Å². The molecule has 0 spiro atoms. The van der Waals surface area contributed by atoms with Crippen molar-refractivity contribution in [3.63, 3.8) is 0 Å². The lowest BCUT2D eigenvalue weighted by molar-refractivity contribution is 0.194. The average molecular weight is 214 g/mol. The summed E-state index contributed by atoms with van der Waals surface area (Å²) in [7, 11) is 0. The maximum Gasteiger partial charge on any atom is 0.183 e. The second-order valence-corrected chi connectivity index (χ2v) is 4.71. The monoisotopic (exact) mass is 214 g/mol. The summed E-state index contributed by atoms with van der Waals surface area (Å²) >= 11 is 1.51. The molecule has 0 bridgehead atoms. The first-order valence-electron chi connectivity index (χ1n) is 4.62. The largest absolute Gasteiger partial charge is 0.394 e. The van der Waals surface area contributed by atoms with Gasteiger partial charge in [-0.05, 0) is 18.8 Å². The van der Waals surface area contributed by atoms with E-state index in [-0.39, 0.29) is 6.61 Å². The Balaban J connectivity index is 1.89. The van der Waals surface area contributed by atoms with Gasteiger partial charge >= 0.3 is 0 Å². The molecule has 5 nitrogen and oxygen atoms in total. The summed E-state index contributed by atoms with van der Waals surface area (Å²) in [5.74, 6) is 1.16. The molecule has 4 N–H and O–H groups in total. The number of rotatable bonds is 5. The fourth-order valence-corrected chi connectivity index (χ4v) is 2.39. The third-order valence-corrected chi connectivity index (χ3v) is 3.71. The molecule has 0 aliphatic heterocycles. The first-order valence-corrected chi connectivity index (χ1v) is 5.61. The van der Waals surface area contributed by atoms with Crippen LogP contribution in [0.25, 0.3) is 0 Å². The van der Waals surface area contributed by atoms with Gasteiger partial charge in [0.05, 0.1) is 12.1 Å². The van der Waals surface area contributed by atoms with Crippen LogP contribution in [0.15, 0.2) is 11.5 Å². The highest BCUT2D eigenvalue weighted by Crippen LogP contribution is 2.40. The van der Waals surface area contributed by atoms with E-state index in [0.29, 0.717) is 11.7 Å². The predicted octanol–water partition coefficient (Wildman–Crippen LogP) is -0.00340. The zero-order chi connectivity index (χ0) is 10.0. The Labute approximate surface area is 86.5 Å². The zero-order valence-electron chi connectivity index (χ0n) is 7.81. The Morgan fingerprint density at radius 2 is 2.50 bits per heavy atom. The van der Waals surface area contributed by atoms with Gasteiger partial charge in [0.2, 0.25) is 0 Å². The van der Waals surface area contributed by atoms with Crippen molar-refractivity contribution in [3.05, 3.63) is 6.33 Å². The maximum absolute atomic E-state index is 9.24. The minimum absolute atomic E-state index is 0.0405. The van der Waals surface area contributed by atoms with Crippen molar-refractivity contribution in [3.8, 4) is 0 Å². The van der Waals surface area contributed by atoms with Crippen LogP contribution in [0.3, 0.4) is 0 Å². The number of nitrogens with two attached hydrogens (primary N) is 1. The number of hydrogen-bond acceptors (Lipinski definition) is 5. The number of hydrogen-bond donors (Lipinski definition) is 3. The first-order chi connectivity index (χ1) is 6.74. The van der Waals surface area contributed by atoms with Crippen molar-refractivity contribution in [2.75, 3.05) is 12.4 Å². The Bertz CT molecular complexity index is 288. The third-order valence-electron chi connectivity index (χ3n) is 2.56. The molecule has 6 heteroatoms. The highest BCUT2D eigenvalue weighted by atomic mass is 32.2. The third kappa shape index (κ3) is 2.08. The van der Waals surface area contributed by atoms with Crippen molar-refractivity contribution in [2.24, 2.45) is 11.7 Å². The van der Waals surface area contributed by atoms with E-state index in [1.807, 2.05) is 0 Å². The summed E-state index contributed by atoms with van der Waals surface area (Å²) < 4.78 is 0. The van der Waals surface area contributed by atoms with E-state index < -0.39 is 5.54 Å². The summed E-state index contributed by atoms with van der Waals surface area (Å²) in [5.41, 5.74) is 5.64. The van der Waals surface area contributed by atoms with E-state index in [4.69, 9.17) is 5.73 Å². The number of aromatic nitrogens is 3. The van der Waals surface area contributed by atoms with Crippen LogP contribution in [0.5, 0.6) is 0 Å². The highest BCUT2D eigenvalue weighted by molar-refractivity contribution is 7.99. The lowest BCUT2D eigenvalue weighted by Gasteiger charge is -2.25. The summed E-state index contributed by atoms with van der Waals surface area (Å²) in [6.45, 7) is 0.0405. The predicted molar refractivity (Wildman–Crippen MR) is 53.8 cm³/mol. The van der Waals surface area contributed by atoms with E-state index in [2.05, 4.69) is 15.2 Å². The molecule has 1 unspecified atom stereocenters. The van der Waals surface area contributed by atoms with Gasteiger partial charge in [-0.2, -0.15) is 5.10 Å². The normalized spacial score (nSPS) is 20.7. The Morgan fingerprint density at radius 3 is 3.00 bits per heavy atom. The molecule has 1 aliphatic carbocycles. The Hall–Kier alpha value is -0.590. The van der Waals surface area contributed by atoms with Crippen LogP contribution in [0, 0.1) is 5.92 Å². The van der Waals surface area contributed by atoms with Crippen molar-refractivity contribution < 1.29 is 5.11 Å². The minimum atomic E-state index is -0.447. The molecular formula is C8H14N4OS. The molecule has 0 aromatic carbocycles. The number of H-pyrrole nitrogens is 1. The van der Waals surface area contributed by atoms with Gasteiger partial charge in [-0.3, -0.25) is 5.10 Å². The van der Waals surface area contributed by atoms with Crippen LogP contribution >= 0.6 is 11.8 Å². The van der Waals surface area contributed by atoms with Crippen LogP contribution in [0.1, 0.15) is 12.8 Å². The molecule has 0 saturated heterocycles. The van der Waals surface area contributed by atoms with Crippen molar-refractivity contribution in [1.82, 2.24) is 15.2 Å². The number of aliphatic hydroxyl groups excluding tert-OH is 1. The summed E-state index contributed by atoms with van der Waals surface area (Å²) in [6, 6.07) is 0. The van der Waals surface area contributed by atoms with Crippen LogP contribution < -0.4 is 5.73 Å². The molecule has 2 rings (SSSR count). The van der Waals surface area contributed by atoms with Gasteiger partial charge in [0.1, 0.15) is 6.33 Å². The fraction of sp³-hybridized carbons (Fsp3) is 0.750. The molecule has 1 saturated carbocycles. The molecule has 1 heterocycles. The molecule has 0 radical (unpaired) electrons. The Morgan fingerprint density at radius 1 is 1.71 bits per heavy atom. The molecule has 1 fully saturated rings. The lowest BCUT2D eigenvalue weighted by atomic mass is 9.99. The molecular weight excluding hydrogens is 200 g/mol. The summed E-state index contributed by atoms with van der Waals surface area (Å²) in [6.07, 6.45) is 3.73. The number of aliphatic hydroxyl groups is 1. The number of nitrogens with zero attached hydrogens (tertiary/aromatic N) is 2. The Kier molecular flexibility index (Phi) is 2.76. The van der Waals surface area contributed by atoms with Gasteiger partial charge in [0.25, 0.3) is 0 Å². The fourth-order valence-electron chi connectivity index (χ4n) is 1.42. The molecule has 1 aromatic heterocycles. The van der Waals surface area contributed by atoms with Crippen molar-refractivity contribution >= 4 is 11.8 Å². The van der Waals surface area contributed by atoms with Gasteiger partial charge in [-0.25, -0.2) is 4.98 Å². The zero-order valence-corrected chi connectivity index (χ0v) is 8.63. The minimum Gasteiger partial charge on any atom is -0.394 e. The number of nitrogens with one attached hydrogen (secondary N) is 1. The van der Waals surface area contributed by atoms with E-state index in [1.54, 1.807) is 0 Å². The number of aromatic amines is 1. The smallest absolute Gasteiger partial charge is 0.183 e. The molecule has 0 amide bonds.